The minimum atomic E-state index is 0.970. The summed E-state index contributed by atoms with van der Waals surface area (Å²) in [5.41, 5.74) is 0. The number of hydrogen-bond acceptors (Lipinski definition) is 6. The second-order valence-corrected chi connectivity index (χ2v) is 5.69. The second kappa shape index (κ2) is 5.53. The van der Waals surface area contributed by atoms with E-state index in [0.717, 1.165) is 21.8 Å². The van der Waals surface area contributed by atoms with Gasteiger partial charge in [-0.3, -0.25) is 0 Å². The van der Waals surface area contributed by atoms with Gasteiger partial charge in [-0.1, -0.05) is 23.1 Å². The quantitative estimate of drug-likeness (QED) is 0.714. The zero-order chi connectivity index (χ0) is 10.6. The van der Waals surface area contributed by atoms with Gasteiger partial charge in [-0.2, -0.15) is 0 Å². The maximum atomic E-state index is 4.11. The standard InChI is InChI=1S/C8H16N4S2/c1-11(2)5-6-13-8-10-9-7(14-8)12(3)4/h5-6H2,1-4H3. The third-order valence-corrected chi connectivity index (χ3v) is 3.75. The fraction of sp³-hybridized carbons (Fsp3) is 0.750. The normalized spacial score (nSPS) is 10.9. The first kappa shape index (κ1) is 11.7. The molecule has 4 nitrogen and oxygen atoms in total. The van der Waals surface area contributed by atoms with E-state index < -0.39 is 0 Å². The van der Waals surface area contributed by atoms with Gasteiger partial charge in [0, 0.05) is 26.4 Å². The summed E-state index contributed by atoms with van der Waals surface area (Å²) in [7, 11) is 8.11. The Kier molecular flexibility index (Phi) is 4.64. The lowest BCUT2D eigenvalue weighted by Gasteiger charge is -2.06. The van der Waals surface area contributed by atoms with Crippen molar-refractivity contribution in [3.8, 4) is 0 Å². The van der Waals surface area contributed by atoms with Gasteiger partial charge in [0.15, 0.2) is 4.34 Å². The lowest BCUT2D eigenvalue weighted by atomic mass is 10.7. The fourth-order valence-electron chi connectivity index (χ4n) is 0.757. The van der Waals surface area contributed by atoms with Crippen LogP contribution in [0, 0.1) is 0 Å². The van der Waals surface area contributed by atoms with Crippen molar-refractivity contribution in [1.29, 1.82) is 0 Å². The highest BCUT2D eigenvalue weighted by Crippen LogP contribution is 2.26. The zero-order valence-electron chi connectivity index (χ0n) is 9.02. The van der Waals surface area contributed by atoms with Crippen molar-refractivity contribution < 1.29 is 0 Å². The van der Waals surface area contributed by atoms with Crippen LogP contribution < -0.4 is 4.90 Å². The van der Waals surface area contributed by atoms with Crippen LogP contribution >= 0.6 is 23.1 Å². The Hall–Kier alpha value is -0.330. The molecule has 1 heterocycles. The Bertz CT molecular complexity index is 272. The Morgan fingerprint density at radius 3 is 2.43 bits per heavy atom. The van der Waals surface area contributed by atoms with Crippen LogP contribution in [0.1, 0.15) is 0 Å². The third kappa shape index (κ3) is 3.81. The summed E-state index contributed by atoms with van der Waals surface area (Å²) in [5, 5.41) is 9.15. The molecule has 0 fully saturated rings. The van der Waals surface area contributed by atoms with Crippen molar-refractivity contribution in [1.82, 2.24) is 15.1 Å². The van der Waals surface area contributed by atoms with Crippen molar-refractivity contribution in [3.05, 3.63) is 0 Å². The van der Waals surface area contributed by atoms with E-state index in [1.165, 1.54) is 0 Å². The van der Waals surface area contributed by atoms with Gasteiger partial charge in [0.05, 0.1) is 0 Å². The molecule has 0 aliphatic heterocycles. The summed E-state index contributed by atoms with van der Waals surface area (Å²) in [5.74, 6) is 1.06. The van der Waals surface area contributed by atoms with Gasteiger partial charge in [-0.05, 0) is 14.1 Å². The molecule has 0 radical (unpaired) electrons. The van der Waals surface area contributed by atoms with Gasteiger partial charge in [-0.15, -0.1) is 10.2 Å². The number of nitrogens with zero attached hydrogens (tertiary/aromatic N) is 4. The smallest absolute Gasteiger partial charge is 0.208 e. The van der Waals surface area contributed by atoms with E-state index in [1.54, 1.807) is 23.1 Å². The van der Waals surface area contributed by atoms with Crippen LogP contribution in [0.3, 0.4) is 0 Å². The molecule has 0 saturated heterocycles. The van der Waals surface area contributed by atoms with Gasteiger partial charge in [-0.25, -0.2) is 0 Å². The molecule has 6 heteroatoms. The van der Waals surface area contributed by atoms with Crippen molar-refractivity contribution >= 4 is 28.2 Å². The fourth-order valence-corrected chi connectivity index (χ4v) is 2.70. The Balaban J connectivity index is 2.36. The molecular weight excluding hydrogens is 216 g/mol. The molecule has 0 bridgehead atoms. The topological polar surface area (TPSA) is 32.3 Å². The molecule has 1 aromatic heterocycles. The predicted octanol–water partition coefficient (Wildman–Crippen LogP) is 1.26. The van der Waals surface area contributed by atoms with E-state index in [-0.39, 0.29) is 0 Å². The predicted molar refractivity (Wildman–Crippen MR) is 63.5 cm³/mol. The molecule has 0 aliphatic carbocycles. The summed E-state index contributed by atoms with van der Waals surface area (Å²) >= 11 is 3.40. The highest BCUT2D eigenvalue weighted by atomic mass is 32.2. The number of hydrogen-bond donors (Lipinski definition) is 0. The van der Waals surface area contributed by atoms with E-state index >= 15 is 0 Å². The molecule has 0 aliphatic rings. The van der Waals surface area contributed by atoms with Crippen LogP contribution in [0.15, 0.2) is 4.34 Å². The average Bonchev–Trinajstić information content (AvgIpc) is 2.52. The van der Waals surface area contributed by atoms with Crippen LogP contribution in [0.5, 0.6) is 0 Å². The van der Waals surface area contributed by atoms with E-state index in [9.17, 15) is 0 Å². The molecule has 0 amide bonds. The van der Waals surface area contributed by atoms with Gasteiger partial charge >= 0.3 is 0 Å². The number of rotatable bonds is 5. The molecule has 0 aromatic carbocycles. The molecular formula is C8H16N4S2. The molecule has 1 aromatic rings. The lowest BCUT2D eigenvalue weighted by molar-refractivity contribution is 0.437. The molecule has 1 rings (SSSR count). The first-order chi connectivity index (χ1) is 6.59. The first-order valence-electron chi connectivity index (χ1n) is 4.38. The molecule has 14 heavy (non-hydrogen) atoms. The maximum absolute atomic E-state index is 4.11. The SMILES string of the molecule is CN(C)CCSc1nnc(N(C)C)s1. The van der Waals surface area contributed by atoms with Gasteiger partial charge in [0.1, 0.15) is 0 Å². The largest absolute Gasteiger partial charge is 0.353 e. The minimum absolute atomic E-state index is 0.970. The van der Waals surface area contributed by atoms with Crippen molar-refractivity contribution in [3.63, 3.8) is 0 Å². The highest BCUT2D eigenvalue weighted by Gasteiger charge is 2.05. The Morgan fingerprint density at radius 2 is 1.93 bits per heavy atom. The minimum Gasteiger partial charge on any atom is -0.353 e. The van der Waals surface area contributed by atoms with E-state index in [2.05, 4.69) is 29.2 Å². The monoisotopic (exact) mass is 232 g/mol. The van der Waals surface area contributed by atoms with Gasteiger partial charge < -0.3 is 9.80 Å². The molecule has 80 valence electrons. The molecule has 0 unspecified atom stereocenters. The summed E-state index contributed by atoms with van der Waals surface area (Å²) in [6.45, 7) is 1.07. The van der Waals surface area contributed by atoms with Crippen LogP contribution in [-0.2, 0) is 0 Å². The molecule has 0 spiro atoms. The summed E-state index contributed by atoms with van der Waals surface area (Å²) < 4.78 is 1.05. The van der Waals surface area contributed by atoms with E-state index in [4.69, 9.17) is 0 Å². The van der Waals surface area contributed by atoms with Gasteiger partial charge in [0.25, 0.3) is 0 Å². The molecule has 0 atom stereocenters. The number of anilines is 1. The van der Waals surface area contributed by atoms with Crippen LogP contribution in [-0.4, -0.2) is 55.6 Å². The Labute approximate surface area is 93.3 Å². The average molecular weight is 232 g/mol. The summed E-state index contributed by atoms with van der Waals surface area (Å²) in [6.07, 6.45) is 0. The van der Waals surface area contributed by atoms with Gasteiger partial charge in [0.2, 0.25) is 5.13 Å². The lowest BCUT2D eigenvalue weighted by Crippen LogP contribution is -2.14. The van der Waals surface area contributed by atoms with Crippen molar-refractivity contribution in [2.45, 2.75) is 4.34 Å². The van der Waals surface area contributed by atoms with Crippen LogP contribution in [0.25, 0.3) is 0 Å². The molecule has 0 N–H and O–H groups in total. The van der Waals surface area contributed by atoms with Crippen LogP contribution in [0.2, 0.25) is 0 Å². The summed E-state index contributed by atoms with van der Waals surface area (Å²) in [4.78, 5) is 4.15. The van der Waals surface area contributed by atoms with Crippen molar-refractivity contribution in [2.75, 3.05) is 45.4 Å². The first-order valence-corrected chi connectivity index (χ1v) is 6.18. The Morgan fingerprint density at radius 1 is 1.21 bits per heavy atom. The summed E-state index contributed by atoms with van der Waals surface area (Å²) in [6, 6.07) is 0. The second-order valence-electron chi connectivity index (χ2n) is 3.40. The zero-order valence-corrected chi connectivity index (χ0v) is 10.7. The highest BCUT2D eigenvalue weighted by molar-refractivity contribution is 8.01. The maximum Gasteiger partial charge on any atom is 0.208 e. The van der Waals surface area contributed by atoms with Crippen LogP contribution in [0.4, 0.5) is 5.13 Å². The van der Waals surface area contributed by atoms with Crippen molar-refractivity contribution in [2.24, 2.45) is 0 Å². The van der Waals surface area contributed by atoms with E-state index in [1.807, 2.05) is 19.0 Å². The molecule has 0 saturated carbocycles. The number of aromatic nitrogens is 2. The van der Waals surface area contributed by atoms with E-state index in [0.29, 0.717) is 0 Å². The number of thioether (sulfide) groups is 1. The third-order valence-electron chi connectivity index (χ3n) is 1.54.